The maximum atomic E-state index is 3.54. The molecule has 5 rings (SSSR count). The van der Waals surface area contributed by atoms with Gasteiger partial charge in [-0.05, 0) is 50.8 Å². The SMILES string of the molecule is Cl.c1cc2ccc3ccc([C@H]4CCN4)c4ccc(c1)c2c34. The first-order chi connectivity index (χ1) is 9.92. The minimum atomic E-state index is 0. The van der Waals surface area contributed by atoms with E-state index in [2.05, 4.69) is 59.9 Å². The van der Waals surface area contributed by atoms with Gasteiger partial charge in [0.25, 0.3) is 0 Å². The van der Waals surface area contributed by atoms with Crippen LogP contribution in [0, 0.1) is 0 Å². The van der Waals surface area contributed by atoms with Crippen LogP contribution >= 0.6 is 12.4 Å². The Morgan fingerprint density at radius 3 is 2.05 bits per heavy atom. The summed E-state index contributed by atoms with van der Waals surface area (Å²) in [6.07, 6.45) is 1.25. The van der Waals surface area contributed by atoms with Crippen LogP contribution in [-0.2, 0) is 0 Å². The zero-order chi connectivity index (χ0) is 13.1. The van der Waals surface area contributed by atoms with Crippen LogP contribution in [0.3, 0.4) is 0 Å². The van der Waals surface area contributed by atoms with Crippen molar-refractivity contribution in [3.63, 3.8) is 0 Å². The van der Waals surface area contributed by atoms with Crippen LogP contribution in [0.25, 0.3) is 32.3 Å². The molecule has 0 saturated carbocycles. The zero-order valence-corrected chi connectivity index (χ0v) is 12.4. The molecule has 0 radical (unpaired) electrons. The lowest BCUT2D eigenvalue weighted by Gasteiger charge is -2.29. The Labute approximate surface area is 129 Å². The highest BCUT2D eigenvalue weighted by Crippen LogP contribution is 2.38. The maximum Gasteiger partial charge on any atom is 0.0338 e. The lowest BCUT2D eigenvalue weighted by Crippen LogP contribution is -2.35. The molecule has 4 aromatic carbocycles. The van der Waals surface area contributed by atoms with E-state index in [9.17, 15) is 0 Å². The highest BCUT2D eigenvalue weighted by Gasteiger charge is 2.21. The van der Waals surface area contributed by atoms with Crippen LogP contribution in [-0.4, -0.2) is 6.54 Å². The molecule has 1 nitrogen and oxygen atoms in total. The molecule has 0 amide bonds. The van der Waals surface area contributed by atoms with Crippen LogP contribution in [0.2, 0.25) is 0 Å². The third-order valence-corrected chi connectivity index (χ3v) is 4.76. The van der Waals surface area contributed by atoms with Gasteiger partial charge in [0, 0.05) is 6.04 Å². The Hall–Kier alpha value is -1.83. The van der Waals surface area contributed by atoms with E-state index in [0.717, 1.165) is 6.54 Å². The molecule has 0 bridgehead atoms. The third-order valence-electron chi connectivity index (χ3n) is 4.76. The Morgan fingerprint density at radius 2 is 1.38 bits per heavy atom. The van der Waals surface area contributed by atoms with Crippen molar-refractivity contribution in [3.05, 3.63) is 60.2 Å². The normalized spacial score (nSPS) is 18.0. The Balaban J connectivity index is 0.00000115. The predicted molar refractivity (Wildman–Crippen MR) is 92.8 cm³/mol. The second-order valence-electron chi connectivity index (χ2n) is 5.81. The van der Waals surface area contributed by atoms with Crippen LogP contribution in [0.15, 0.2) is 54.6 Å². The molecular weight excluding hydrogens is 278 g/mol. The van der Waals surface area contributed by atoms with Gasteiger partial charge in [0.15, 0.2) is 0 Å². The topological polar surface area (TPSA) is 12.0 Å². The first kappa shape index (κ1) is 12.9. The number of halogens is 1. The smallest absolute Gasteiger partial charge is 0.0338 e. The standard InChI is InChI=1S/C19H15N.ClH/c1-2-12-4-5-14-6-8-15(17-10-11-20-17)16-9-7-13(3-1)18(12)19(14)16;/h1-9,17,20H,10-11H2;1H/t17-;/m1./s1. The fourth-order valence-electron chi connectivity index (χ4n) is 3.62. The first-order valence-corrected chi connectivity index (χ1v) is 7.32. The van der Waals surface area contributed by atoms with E-state index < -0.39 is 0 Å². The predicted octanol–water partition coefficient (Wildman–Crippen LogP) is 5.04. The van der Waals surface area contributed by atoms with Crippen LogP contribution in [0.4, 0.5) is 0 Å². The lowest BCUT2D eigenvalue weighted by molar-refractivity contribution is 0.386. The second-order valence-corrected chi connectivity index (χ2v) is 5.81. The van der Waals surface area contributed by atoms with E-state index in [1.165, 1.54) is 44.3 Å². The van der Waals surface area contributed by atoms with Gasteiger partial charge in [-0.25, -0.2) is 0 Å². The van der Waals surface area contributed by atoms with Crippen molar-refractivity contribution in [2.75, 3.05) is 6.54 Å². The molecule has 1 fully saturated rings. The van der Waals surface area contributed by atoms with E-state index >= 15 is 0 Å². The number of hydrogen-bond donors (Lipinski definition) is 1. The van der Waals surface area contributed by atoms with Gasteiger partial charge in [0.05, 0.1) is 0 Å². The molecule has 1 aliphatic heterocycles. The minimum absolute atomic E-state index is 0. The van der Waals surface area contributed by atoms with Gasteiger partial charge >= 0.3 is 0 Å². The van der Waals surface area contributed by atoms with E-state index in [1.807, 2.05) is 0 Å². The third kappa shape index (κ3) is 1.68. The number of rotatable bonds is 1. The monoisotopic (exact) mass is 293 g/mol. The molecule has 4 aromatic rings. The summed E-state index contributed by atoms with van der Waals surface area (Å²) < 4.78 is 0. The summed E-state index contributed by atoms with van der Waals surface area (Å²) in [5.74, 6) is 0. The van der Waals surface area contributed by atoms with Crippen molar-refractivity contribution >= 4 is 44.7 Å². The summed E-state index contributed by atoms with van der Waals surface area (Å²) in [7, 11) is 0. The molecule has 1 saturated heterocycles. The van der Waals surface area contributed by atoms with E-state index in [1.54, 1.807) is 0 Å². The molecule has 0 spiro atoms. The summed E-state index contributed by atoms with van der Waals surface area (Å²) in [5, 5.41) is 11.9. The zero-order valence-electron chi connectivity index (χ0n) is 11.6. The fourth-order valence-corrected chi connectivity index (χ4v) is 3.62. The quantitative estimate of drug-likeness (QED) is 0.485. The highest BCUT2D eigenvalue weighted by atomic mass is 35.5. The van der Waals surface area contributed by atoms with E-state index in [0.29, 0.717) is 6.04 Å². The number of benzene rings is 4. The molecule has 2 heteroatoms. The van der Waals surface area contributed by atoms with Gasteiger partial charge in [-0.15, -0.1) is 12.4 Å². The van der Waals surface area contributed by atoms with Gasteiger partial charge in [0.2, 0.25) is 0 Å². The number of hydrogen-bond acceptors (Lipinski definition) is 1. The molecule has 0 aliphatic carbocycles. The molecule has 104 valence electrons. The molecule has 1 aliphatic rings. The molecule has 21 heavy (non-hydrogen) atoms. The van der Waals surface area contributed by atoms with Crippen molar-refractivity contribution in [2.24, 2.45) is 0 Å². The highest BCUT2D eigenvalue weighted by molar-refractivity contribution is 6.23. The molecule has 0 aromatic heterocycles. The van der Waals surface area contributed by atoms with Crippen molar-refractivity contribution < 1.29 is 0 Å². The number of nitrogens with one attached hydrogen (secondary N) is 1. The Kier molecular flexibility index (Phi) is 2.81. The average Bonchev–Trinajstić information content (AvgIpc) is 2.44. The van der Waals surface area contributed by atoms with Gasteiger partial charge in [-0.3, -0.25) is 0 Å². The summed E-state index contributed by atoms with van der Waals surface area (Å²) in [5.41, 5.74) is 1.46. The second kappa shape index (κ2) is 4.59. The largest absolute Gasteiger partial charge is 0.310 e. The summed E-state index contributed by atoms with van der Waals surface area (Å²) >= 11 is 0. The molecule has 1 atom stereocenters. The van der Waals surface area contributed by atoms with Crippen molar-refractivity contribution in [1.29, 1.82) is 0 Å². The average molecular weight is 294 g/mol. The van der Waals surface area contributed by atoms with Gasteiger partial charge in [0.1, 0.15) is 0 Å². The van der Waals surface area contributed by atoms with Gasteiger partial charge in [-0.1, -0.05) is 54.6 Å². The maximum absolute atomic E-state index is 3.54. The van der Waals surface area contributed by atoms with Gasteiger partial charge < -0.3 is 5.32 Å². The fraction of sp³-hybridized carbons (Fsp3) is 0.158. The minimum Gasteiger partial charge on any atom is -0.310 e. The molecule has 0 unspecified atom stereocenters. The molecular formula is C19H16ClN. The first-order valence-electron chi connectivity index (χ1n) is 7.32. The van der Waals surface area contributed by atoms with E-state index in [-0.39, 0.29) is 12.4 Å². The molecule has 1 N–H and O–H groups in total. The summed E-state index contributed by atoms with van der Waals surface area (Å²) in [6.45, 7) is 1.15. The summed E-state index contributed by atoms with van der Waals surface area (Å²) in [6, 6.07) is 20.8. The Bertz CT molecular complexity index is 924. The van der Waals surface area contributed by atoms with Crippen LogP contribution < -0.4 is 5.32 Å². The summed E-state index contributed by atoms with van der Waals surface area (Å²) in [4.78, 5) is 0. The Morgan fingerprint density at radius 1 is 0.762 bits per heavy atom. The van der Waals surface area contributed by atoms with Crippen LogP contribution in [0.5, 0.6) is 0 Å². The van der Waals surface area contributed by atoms with E-state index in [4.69, 9.17) is 0 Å². The van der Waals surface area contributed by atoms with Crippen molar-refractivity contribution in [3.8, 4) is 0 Å². The van der Waals surface area contributed by atoms with Crippen LogP contribution in [0.1, 0.15) is 18.0 Å². The van der Waals surface area contributed by atoms with Gasteiger partial charge in [-0.2, -0.15) is 0 Å². The van der Waals surface area contributed by atoms with Crippen molar-refractivity contribution in [2.45, 2.75) is 12.5 Å². The molecule has 1 heterocycles. The van der Waals surface area contributed by atoms with Crippen molar-refractivity contribution in [1.82, 2.24) is 5.32 Å². The lowest BCUT2D eigenvalue weighted by atomic mass is 9.87.